The van der Waals surface area contributed by atoms with Crippen molar-refractivity contribution >= 4 is 6.29 Å². The highest BCUT2D eigenvalue weighted by Gasteiger charge is 2.17. The summed E-state index contributed by atoms with van der Waals surface area (Å²) in [6.45, 7) is 4.54. The van der Waals surface area contributed by atoms with Crippen LogP contribution in [-0.4, -0.2) is 16.3 Å². The van der Waals surface area contributed by atoms with Crippen molar-refractivity contribution in [3.05, 3.63) is 83.3 Å². The molecule has 0 saturated heterocycles. The number of carbonyl (C=O) groups excluding carboxylic acids is 1. The van der Waals surface area contributed by atoms with Gasteiger partial charge in [-0.25, -0.2) is 9.97 Å². The lowest BCUT2D eigenvalue weighted by molar-refractivity contribution is 0.112. The number of carbonyl (C=O) groups is 1. The summed E-state index contributed by atoms with van der Waals surface area (Å²) in [4.78, 5) is 21.4. The van der Waals surface area contributed by atoms with Crippen LogP contribution < -0.4 is 0 Å². The molecule has 1 aromatic heterocycles. The summed E-state index contributed by atoms with van der Waals surface area (Å²) in [7, 11) is 0. The molecule has 2 aromatic carbocycles. The number of rotatable bonds is 17. The van der Waals surface area contributed by atoms with E-state index < -0.39 is 0 Å². The third kappa shape index (κ3) is 9.33. The molecule has 1 heterocycles. The summed E-state index contributed by atoms with van der Waals surface area (Å²) in [6.07, 6.45) is 16.5. The second-order valence-electron chi connectivity index (χ2n) is 10.1. The van der Waals surface area contributed by atoms with Gasteiger partial charge >= 0.3 is 0 Å². The number of aromatic nitrogens is 2. The Hall–Kier alpha value is -2.81. The monoisotopic (exact) mass is 484 g/mol. The molecule has 0 unspecified atom stereocenters. The maximum Gasteiger partial charge on any atom is 0.150 e. The first-order valence-corrected chi connectivity index (χ1v) is 14.2. The van der Waals surface area contributed by atoms with Crippen molar-refractivity contribution in [1.82, 2.24) is 9.97 Å². The van der Waals surface area contributed by atoms with E-state index >= 15 is 0 Å². The van der Waals surface area contributed by atoms with Crippen LogP contribution >= 0.6 is 0 Å². The molecule has 0 aliphatic carbocycles. The van der Waals surface area contributed by atoms with E-state index in [1.54, 1.807) is 0 Å². The van der Waals surface area contributed by atoms with Gasteiger partial charge in [0.05, 0.1) is 5.69 Å². The van der Waals surface area contributed by atoms with Crippen LogP contribution in [0.4, 0.5) is 0 Å². The molecule has 3 nitrogen and oxygen atoms in total. The number of benzene rings is 2. The molecule has 3 heteroatoms. The van der Waals surface area contributed by atoms with Crippen molar-refractivity contribution < 1.29 is 4.79 Å². The van der Waals surface area contributed by atoms with Crippen molar-refractivity contribution in [2.24, 2.45) is 0 Å². The number of nitrogens with zero attached hydrogens (tertiary/aromatic N) is 2. The normalized spacial score (nSPS) is 11.2. The largest absolute Gasteiger partial charge is 0.298 e. The maximum absolute atomic E-state index is 11.2. The second-order valence-corrected chi connectivity index (χ2v) is 10.1. The number of hydrogen-bond donors (Lipinski definition) is 0. The number of aryl methyl sites for hydroxylation is 2. The molecular formula is C33H44N2O. The minimum absolute atomic E-state index is 0.417. The number of hydrogen-bond acceptors (Lipinski definition) is 3. The van der Waals surface area contributed by atoms with Gasteiger partial charge in [-0.2, -0.15) is 0 Å². The molecule has 0 amide bonds. The lowest BCUT2D eigenvalue weighted by Gasteiger charge is -2.18. The molecule has 0 N–H and O–H groups in total. The van der Waals surface area contributed by atoms with Gasteiger partial charge in [0.1, 0.15) is 12.1 Å². The predicted octanol–water partition coefficient (Wildman–Crippen LogP) is 9.16. The topological polar surface area (TPSA) is 42.9 Å². The van der Waals surface area contributed by atoms with Crippen molar-refractivity contribution in [1.29, 1.82) is 0 Å². The van der Waals surface area contributed by atoms with Crippen LogP contribution in [0, 0.1) is 0 Å². The van der Waals surface area contributed by atoms with Crippen molar-refractivity contribution in [3.63, 3.8) is 0 Å². The lowest BCUT2D eigenvalue weighted by Crippen LogP contribution is -2.09. The van der Waals surface area contributed by atoms with Crippen molar-refractivity contribution in [2.75, 3.05) is 0 Å². The minimum atomic E-state index is 0.417. The SMILES string of the molecule is CCCCCCC(CCCCCC)c1nc(CCCc2ccccc2)cc(-c2ccc(C=O)cc2)n1. The summed E-state index contributed by atoms with van der Waals surface area (Å²) in [5, 5.41) is 0. The van der Waals surface area contributed by atoms with Gasteiger partial charge in [-0.3, -0.25) is 4.79 Å². The summed E-state index contributed by atoms with van der Waals surface area (Å²) in [5.74, 6) is 1.44. The third-order valence-corrected chi connectivity index (χ3v) is 7.06. The standard InChI is InChI=1S/C33H44N2O/c1-3-5-7-12-18-30(19-13-8-6-4-2)33-34-31(20-14-17-27-15-10-9-11-16-27)25-32(35-33)29-23-21-28(26-36)22-24-29/h9-11,15-16,21-26,30H,3-8,12-14,17-20H2,1-2H3. The van der Waals surface area contributed by atoms with Crippen molar-refractivity contribution in [2.45, 2.75) is 103 Å². The van der Waals surface area contributed by atoms with E-state index in [0.717, 1.165) is 48.3 Å². The molecule has 0 saturated carbocycles. The fourth-order valence-electron chi connectivity index (χ4n) is 4.86. The van der Waals surface area contributed by atoms with Crippen molar-refractivity contribution in [3.8, 4) is 11.3 Å². The maximum atomic E-state index is 11.2. The Labute approximate surface area is 218 Å². The van der Waals surface area contributed by atoms with E-state index in [4.69, 9.17) is 9.97 Å². The smallest absolute Gasteiger partial charge is 0.150 e. The molecule has 0 bridgehead atoms. The third-order valence-electron chi connectivity index (χ3n) is 7.06. The quantitative estimate of drug-likeness (QED) is 0.142. The van der Waals surface area contributed by atoms with E-state index in [0.29, 0.717) is 11.5 Å². The molecule has 0 aliphatic heterocycles. The Balaban J connectivity index is 1.84. The molecule has 0 spiro atoms. The zero-order chi connectivity index (χ0) is 25.4. The fourth-order valence-corrected chi connectivity index (χ4v) is 4.86. The number of unbranched alkanes of at least 4 members (excludes halogenated alkanes) is 6. The van der Waals surface area contributed by atoms with Gasteiger partial charge in [0, 0.05) is 22.7 Å². The lowest BCUT2D eigenvalue weighted by atomic mass is 9.93. The average molecular weight is 485 g/mol. The molecule has 192 valence electrons. The Morgan fingerprint density at radius 2 is 1.39 bits per heavy atom. The zero-order valence-corrected chi connectivity index (χ0v) is 22.4. The van der Waals surface area contributed by atoms with Gasteiger partial charge in [0.25, 0.3) is 0 Å². The van der Waals surface area contributed by atoms with Crippen LogP contribution in [0.15, 0.2) is 60.7 Å². The summed E-state index contributed by atoms with van der Waals surface area (Å²) < 4.78 is 0. The summed E-state index contributed by atoms with van der Waals surface area (Å²) >= 11 is 0. The van der Waals surface area contributed by atoms with Gasteiger partial charge in [-0.15, -0.1) is 0 Å². The van der Waals surface area contributed by atoms with Gasteiger partial charge in [-0.05, 0) is 43.7 Å². The van der Waals surface area contributed by atoms with Crippen LogP contribution in [0.5, 0.6) is 0 Å². The van der Waals surface area contributed by atoms with E-state index in [1.807, 2.05) is 24.3 Å². The Bertz CT molecular complexity index is 1000. The first kappa shape index (κ1) is 27.8. The van der Waals surface area contributed by atoms with Gasteiger partial charge in [0.15, 0.2) is 0 Å². The zero-order valence-electron chi connectivity index (χ0n) is 22.4. The molecule has 3 aromatic rings. The molecule has 0 fully saturated rings. The Morgan fingerprint density at radius 3 is 2.00 bits per heavy atom. The first-order valence-electron chi connectivity index (χ1n) is 14.2. The average Bonchev–Trinajstić information content (AvgIpc) is 2.92. The summed E-state index contributed by atoms with van der Waals surface area (Å²) in [5.41, 5.74) is 5.25. The van der Waals surface area contributed by atoms with E-state index in [2.05, 4.69) is 50.2 Å². The Kier molecular flexibility index (Phi) is 12.4. The van der Waals surface area contributed by atoms with Crippen LogP contribution in [0.2, 0.25) is 0 Å². The summed E-state index contributed by atoms with van der Waals surface area (Å²) in [6, 6.07) is 20.7. The molecular weight excluding hydrogens is 440 g/mol. The number of aldehydes is 1. The van der Waals surface area contributed by atoms with E-state index in [-0.39, 0.29) is 0 Å². The highest BCUT2D eigenvalue weighted by molar-refractivity contribution is 5.76. The predicted molar refractivity (Wildman–Crippen MR) is 152 cm³/mol. The molecule has 0 radical (unpaired) electrons. The van der Waals surface area contributed by atoms with Gasteiger partial charge in [-0.1, -0.05) is 120 Å². The van der Waals surface area contributed by atoms with Crippen LogP contribution in [-0.2, 0) is 12.8 Å². The Morgan fingerprint density at radius 1 is 0.722 bits per heavy atom. The fraction of sp³-hybridized carbons (Fsp3) is 0.485. The van der Waals surface area contributed by atoms with E-state index in [1.165, 1.54) is 69.8 Å². The first-order chi connectivity index (χ1) is 17.7. The molecule has 0 atom stereocenters. The van der Waals surface area contributed by atoms with Gasteiger partial charge < -0.3 is 0 Å². The second kappa shape index (κ2) is 16.0. The molecule has 36 heavy (non-hydrogen) atoms. The molecule has 3 rings (SSSR count). The van der Waals surface area contributed by atoms with Crippen LogP contribution in [0.3, 0.4) is 0 Å². The highest BCUT2D eigenvalue weighted by Crippen LogP contribution is 2.29. The van der Waals surface area contributed by atoms with Gasteiger partial charge in [0.2, 0.25) is 0 Å². The molecule has 0 aliphatic rings. The van der Waals surface area contributed by atoms with Crippen LogP contribution in [0.25, 0.3) is 11.3 Å². The minimum Gasteiger partial charge on any atom is -0.298 e. The van der Waals surface area contributed by atoms with E-state index in [9.17, 15) is 4.79 Å². The van der Waals surface area contributed by atoms with Crippen LogP contribution in [0.1, 0.15) is 118 Å². The highest BCUT2D eigenvalue weighted by atomic mass is 16.1.